The molecule has 0 aliphatic heterocycles. The van der Waals surface area contributed by atoms with Crippen LogP contribution in [0.15, 0.2) is 253 Å². The van der Waals surface area contributed by atoms with Crippen LogP contribution in [0.25, 0.3) is 99.5 Å². The molecule has 0 spiro atoms. The van der Waals surface area contributed by atoms with Gasteiger partial charge in [0.15, 0.2) is 0 Å². The third kappa shape index (κ3) is 6.71. The summed E-state index contributed by atoms with van der Waals surface area (Å²) in [6, 6.07) is 90.5. The molecule has 69 heavy (non-hydrogen) atoms. The van der Waals surface area contributed by atoms with Gasteiger partial charge in [-0.15, -0.1) is 0 Å². The molecule has 13 rings (SSSR count). The highest BCUT2D eigenvalue weighted by Gasteiger charge is 2.40. The summed E-state index contributed by atoms with van der Waals surface area (Å²) in [5.74, 6) is 0. The standard InChI is InChI=1S/C67H47NO/c1-67(2)60-26-13-11-23-59(60)64-63(50-30-28-46(29-31-50)44-16-5-3-6-17-44)62(56-21-9-10-22-57(56)65(64)67)49-36-42-53(43-37-49)68(51-38-32-47(33-39-51)45-18-7-4-8-19-45)52-40-34-48(35-41-52)54-24-15-25-58-55-20-12-14-27-61(55)69-66(54)58/h3-43H,1-2H3. The second kappa shape index (κ2) is 16.3. The lowest BCUT2D eigenvalue weighted by molar-refractivity contribution is 0.666. The Bertz CT molecular complexity index is 3870. The van der Waals surface area contributed by atoms with Crippen LogP contribution in [0, 0.1) is 0 Å². The summed E-state index contributed by atoms with van der Waals surface area (Å²) in [5, 5.41) is 4.82. The van der Waals surface area contributed by atoms with Gasteiger partial charge >= 0.3 is 0 Å². The largest absolute Gasteiger partial charge is 0.455 e. The zero-order chi connectivity index (χ0) is 46.1. The van der Waals surface area contributed by atoms with E-state index < -0.39 is 0 Å². The van der Waals surface area contributed by atoms with E-state index in [4.69, 9.17) is 4.42 Å². The number of furan rings is 1. The van der Waals surface area contributed by atoms with E-state index in [2.05, 4.69) is 255 Å². The number of para-hydroxylation sites is 2. The summed E-state index contributed by atoms with van der Waals surface area (Å²) in [4.78, 5) is 2.37. The fourth-order valence-corrected chi connectivity index (χ4v) is 11.2. The Hall–Kier alpha value is -8.72. The molecule has 0 atom stereocenters. The molecule has 11 aromatic carbocycles. The van der Waals surface area contributed by atoms with Gasteiger partial charge in [-0.2, -0.15) is 0 Å². The quantitative estimate of drug-likeness (QED) is 0.151. The number of hydrogen-bond donors (Lipinski definition) is 0. The number of nitrogens with zero attached hydrogens (tertiary/aromatic N) is 1. The van der Waals surface area contributed by atoms with Crippen LogP contribution < -0.4 is 4.90 Å². The summed E-state index contributed by atoms with van der Waals surface area (Å²) in [6.45, 7) is 4.79. The molecular formula is C67H47NO. The number of hydrogen-bond acceptors (Lipinski definition) is 2. The van der Waals surface area contributed by atoms with Crippen LogP contribution in [-0.2, 0) is 5.41 Å². The van der Waals surface area contributed by atoms with Crippen molar-refractivity contribution in [2.45, 2.75) is 19.3 Å². The van der Waals surface area contributed by atoms with Gasteiger partial charge in [0, 0.05) is 38.8 Å². The average molecular weight is 882 g/mol. The van der Waals surface area contributed by atoms with E-state index in [1.54, 1.807) is 0 Å². The first-order valence-electron chi connectivity index (χ1n) is 23.9. The van der Waals surface area contributed by atoms with Gasteiger partial charge in [-0.1, -0.05) is 220 Å². The third-order valence-corrected chi connectivity index (χ3v) is 14.5. The van der Waals surface area contributed by atoms with Crippen LogP contribution in [0.4, 0.5) is 17.1 Å². The van der Waals surface area contributed by atoms with E-state index in [1.807, 2.05) is 12.1 Å². The summed E-state index contributed by atoms with van der Waals surface area (Å²) in [6.07, 6.45) is 0. The maximum Gasteiger partial charge on any atom is 0.143 e. The van der Waals surface area contributed by atoms with Gasteiger partial charge in [0.25, 0.3) is 0 Å². The molecule has 0 fully saturated rings. The normalized spacial score (nSPS) is 12.6. The van der Waals surface area contributed by atoms with Crippen LogP contribution in [0.2, 0.25) is 0 Å². The second-order valence-corrected chi connectivity index (χ2v) is 18.8. The lowest BCUT2D eigenvalue weighted by atomic mass is 9.77. The Balaban J connectivity index is 0.970. The van der Waals surface area contributed by atoms with Gasteiger partial charge in [-0.25, -0.2) is 0 Å². The van der Waals surface area contributed by atoms with E-state index in [0.717, 1.165) is 50.1 Å². The molecule has 0 saturated carbocycles. The Labute approximate surface area is 403 Å². The van der Waals surface area contributed by atoms with Crippen LogP contribution in [0.3, 0.4) is 0 Å². The molecule has 0 unspecified atom stereocenters. The van der Waals surface area contributed by atoms with Crippen molar-refractivity contribution in [1.82, 2.24) is 0 Å². The van der Waals surface area contributed by atoms with Gasteiger partial charge in [0.2, 0.25) is 0 Å². The van der Waals surface area contributed by atoms with Crippen LogP contribution in [0.1, 0.15) is 25.0 Å². The maximum atomic E-state index is 6.48. The molecule has 326 valence electrons. The lowest BCUT2D eigenvalue weighted by Crippen LogP contribution is -2.15. The van der Waals surface area contributed by atoms with Crippen molar-refractivity contribution in [1.29, 1.82) is 0 Å². The zero-order valence-corrected chi connectivity index (χ0v) is 38.5. The predicted molar refractivity (Wildman–Crippen MR) is 291 cm³/mol. The van der Waals surface area contributed by atoms with E-state index in [0.29, 0.717) is 0 Å². The molecule has 0 N–H and O–H groups in total. The molecule has 1 aliphatic rings. The van der Waals surface area contributed by atoms with Crippen molar-refractivity contribution in [2.75, 3.05) is 4.90 Å². The Morgan fingerprint density at radius 2 is 0.739 bits per heavy atom. The number of anilines is 3. The maximum absolute atomic E-state index is 6.48. The first-order chi connectivity index (χ1) is 34.0. The summed E-state index contributed by atoms with van der Waals surface area (Å²) in [5.41, 5.74) is 22.2. The smallest absolute Gasteiger partial charge is 0.143 e. The van der Waals surface area contributed by atoms with Gasteiger partial charge < -0.3 is 9.32 Å². The fourth-order valence-electron chi connectivity index (χ4n) is 11.2. The minimum Gasteiger partial charge on any atom is -0.455 e. The number of rotatable bonds is 8. The molecule has 1 aromatic heterocycles. The van der Waals surface area contributed by atoms with Crippen LogP contribution >= 0.6 is 0 Å². The molecule has 1 aliphatic carbocycles. The van der Waals surface area contributed by atoms with E-state index in [-0.39, 0.29) is 5.41 Å². The van der Waals surface area contributed by atoms with E-state index in [1.165, 1.54) is 77.5 Å². The summed E-state index contributed by atoms with van der Waals surface area (Å²) >= 11 is 0. The average Bonchev–Trinajstić information content (AvgIpc) is 3.92. The van der Waals surface area contributed by atoms with Crippen molar-refractivity contribution < 1.29 is 4.42 Å². The molecule has 1 heterocycles. The zero-order valence-electron chi connectivity index (χ0n) is 38.5. The predicted octanol–water partition coefficient (Wildman–Crippen LogP) is 18.9. The van der Waals surface area contributed by atoms with Gasteiger partial charge in [0.05, 0.1) is 0 Å². The monoisotopic (exact) mass is 881 g/mol. The molecule has 12 aromatic rings. The molecular weight excluding hydrogens is 835 g/mol. The molecule has 0 bridgehead atoms. The van der Waals surface area contributed by atoms with Crippen molar-refractivity contribution in [3.8, 4) is 66.8 Å². The van der Waals surface area contributed by atoms with Crippen molar-refractivity contribution in [3.63, 3.8) is 0 Å². The highest BCUT2D eigenvalue weighted by molar-refractivity contribution is 6.15. The van der Waals surface area contributed by atoms with Crippen molar-refractivity contribution in [2.24, 2.45) is 0 Å². The molecule has 0 radical (unpaired) electrons. The molecule has 2 nitrogen and oxygen atoms in total. The van der Waals surface area contributed by atoms with Crippen molar-refractivity contribution >= 4 is 49.8 Å². The number of fused-ring (bicyclic) bond motifs is 8. The Morgan fingerprint density at radius 1 is 0.304 bits per heavy atom. The molecule has 2 heteroatoms. The second-order valence-electron chi connectivity index (χ2n) is 18.8. The van der Waals surface area contributed by atoms with Gasteiger partial charge in [0.1, 0.15) is 11.2 Å². The first kappa shape index (κ1) is 40.5. The summed E-state index contributed by atoms with van der Waals surface area (Å²) < 4.78 is 6.48. The van der Waals surface area contributed by atoms with Crippen LogP contribution in [-0.4, -0.2) is 0 Å². The summed E-state index contributed by atoms with van der Waals surface area (Å²) in [7, 11) is 0. The van der Waals surface area contributed by atoms with Crippen LogP contribution in [0.5, 0.6) is 0 Å². The lowest BCUT2D eigenvalue weighted by Gasteiger charge is -2.27. The third-order valence-electron chi connectivity index (χ3n) is 14.5. The highest BCUT2D eigenvalue weighted by Crippen LogP contribution is 2.58. The van der Waals surface area contributed by atoms with Gasteiger partial charge in [-0.3, -0.25) is 0 Å². The molecule has 0 saturated heterocycles. The number of benzene rings is 11. The van der Waals surface area contributed by atoms with Crippen molar-refractivity contribution in [3.05, 3.63) is 260 Å². The van der Waals surface area contributed by atoms with E-state index in [9.17, 15) is 0 Å². The fraction of sp³-hybridized carbons (Fsp3) is 0.0448. The minimum absolute atomic E-state index is 0.183. The first-order valence-corrected chi connectivity index (χ1v) is 23.9. The molecule has 0 amide bonds. The Kier molecular flexibility index (Phi) is 9.55. The van der Waals surface area contributed by atoms with Gasteiger partial charge in [-0.05, 0) is 126 Å². The Morgan fingerprint density at radius 3 is 1.38 bits per heavy atom. The highest BCUT2D eigenvalue weighted by atomic mass is 16.3. The minimum atomic E-state index is -0.183. The SMILES string of the molecule is CC1(C)c2ccccc2-c2c(-c3ccc(-c4ccccc4)cc3)c(-c3ccc(N(c4ccc(-c5ccccc5)cc4)c4ccc(-c5cccc6c5oc5ccccc56)cc4)cc3)c3ccccc3c21. The van der Waals surface area contributed by atoms with E-state index >= 15 is 0 Å². The topological polar surface area (TPSA) is 16.4 Å².